The van der Waals surface area contributed by atoms with Crippen LogP contribution in [-0.2, 0) is 0 Å². The fourth-order valence-corrected chi connectivity index (χ4v) is 3.42. The zero-order chi connectivity index (χ0) is 15.8. The Balaban J connectivity index is 1.70. The molecule has 0 spiro atoms. The molecule has 2 unspecified atom stereocenters. The molecule has 0 saturated carbocycles. The molecule has 1 aliphatic heterocycles. The highest BCUT2D eigenvalue weighted by molar-refractivity contribution is 5.82. The molecule has 1 aromatic heterocycles. The minimum atomic E-state index is 0.294. The van der Waals surface area contributed by atoms with Crippen molar-refractivity contribution < 1.29 is 0 Å². The molecule has 0 aliphatic carbocycles. The van der Waals surface area contributed by atoms with E-state index in [-0.39, 0.29) is 0 Å². The smallest absolute Gasteiger partial charge is 0.179 e. The lowest BCUT2D eigenvalue weighted by atomic mass is 9.98. The van der Waals surface area contributed by atoms with Gasteiger partial charge in [0.25, 0.3) is 0 Å². The number of benzene rings is 2. The molecule has 1 fully saturated rings. The summed E-state index contributed by atoms with van der Waals surface area (Å²) < 4.78 is 0. The second-order valence-corrected chi connectivity index (χ2v) is 6.31. The van der Waals surface area contributed by atoms with Crippen molar-refractivity contribution in [3.63, 3.8) is 0 Å². The summed E-state index contributed by atoms with van der Waals surface area (Å²) in [6, 6.07) is 16.7. The van der Waals surface area contributed by atoms with E-state index in [1.54, 1.807) is 0 Å². The van der Waals surface area contributed by atoms with Crippen LogP contribution in [0.25, 0.3) is 22.2 Å². The number of nitrogens with zero attached hydrogens (tertiary/aromatic N) is 3. The maximum atomic E-state index is 9.10. The summed E-state index contributed by atoms with van der Waals surface area (Å²) in [5.74, 6) is 1.72. The van der Waals surface area contributed by atoms with E-state index in [2.05, 4.69) is 48.4 Å². The van der Waals surface area contributed by atoms with Gasteiger partial charge >= 0.3 is 0 Å². The van der Waals surface area contributed by atoms with Crippen LogP contribution in [0.2, 0.25) is 0 Å². The molecule has 2 aromatic carbocycles. The van der Waals surface area contributed by atoms with Crippen molar-refractivity contribution in [2.75, 3.05) is 13.1 Å². The van der Waals surface area contributed by atoms with Crippen molar-refractivity contribution in [3.05, 3.63) is 54.4 Å². The number of aromatic amines is 1. The summed E-state index contributed by atoms with van der Waals surface area (Å²) in [6.07, 6.45) is 2.25. The van der Waals surface area contributed by atoms with E-state index in [4.69, 9.17) is 10.2 Å². The minimum Gasteiger partial charge on any atom is -0.342 e. The van der Waals surface area contributed by atoms with Gasteiger partial charge in [0.05, 0.1) is 11.0 Å². The maximum Gasteiger partial charge on any atom is 0.179 e. The SMILES string of the molecule is CC1CN(C#N)CC1c1nc2cc(-c3ccccc3)ccc2[nH]1. The van der Waals surface area contributed by atoms with Gasteiger partial charge in [0.1, 0.15) is 5.82 Å². The van der Waals surface area contributed by atoms with Gasteiger partial charge in [-0.15, -0.1) is 0 Å². The number of nitrogens with one attached hydrogen (secondary N) is 1. The lowest BCUT2D eigenvalue weighted by molar-refractivity contribution is 0.465. The summed E-state index contributed by atoms with van der Waals surface area (Å²) in [5, 5.41) is 9.10. The van der Waals surface area contributed by atoms with Crippen molar-refractivity contribution in [2.45, 2.75) is 12.8 Å². The van der Waals surface area contributed by atoms with Gasteiger partial charge in [-0.3, -0.25) is 0 Å². The van der Waals surface area contributed by atoms with Crippen LogP contribution in [0, 0.1) is 17.4 Å². The number of H-pyrrole nitrogens is 1. The molecule has 3 aromatic rings. The standard InChI is InChI=1S/C19H18N4/c1-13-10-23(12-20)11-16(13)19-21-17-8-7-15(9-18(17)22-19)14-5-3-2-4-6-14/h2-9,13,16H,10-11H2,1H3,(H,21,22). The molecule has 1 aliphatic rings. The number of nitriles is 1. The van der Waals surface area contributed by atoms with Crippen molar-refractivity contribution >= 4 is 11.0 Å². The van der Waals surface area contributed by atoms with Gasteiger partial charge in [-0.25, -0.2) is 4.98 Å². The van der Waals surface area contributed by atoms with Gasteiger partial charge < -0.3 is 9.88 Å². The number of rotatable bonds is 2. The Kier molecular flexibility index (Phi) is 3.27. The van der Waals surface area contributed by atoms with Crippen LogP contribution in [0.1, 0.15) is 18.7 Å². The third kappa shape index (κ3) is 2.44. The summed E-state index contributed by atoms with van der Waals surface area (Å²) in [7, 11) is 0. The Morgan fingerprint density at radius 3 is 2.70 bits per heavy atom. The molecule has 0 bridgehead atoms. The summed E-state index contributed by atoms with van der Waals surface area (Å²) in [6.45, 7) is 3.75. The van der Waals surface area contributed by atoms with Crippen molar-refractivity contribution in [1.82, 2.24) is 14.9 Å². The molecule has 0 amide bonds. The van der Waals surface area contributed by atoms with E-state index in [1.165, 1.54) is 11.1 Å². The molecule has 4 rings (SSSR count). The molecular weight excluding hydrogens is 284 g/mol. The first-order chi connectivity index (χ1) is 11.2. The zero-order valence-corrected chi connectivity index (χ0v) is 13.0. The topological polar surface area (TPSA) is 55.7 Å². The van der Waals surface area contributed by atoms with Crippen LogP contribution in [0.4, 0.5) is 0 Å². The highest BCUT2D eigenvalue weighted by Crippen LogP contribution is 2.32. The van der Waals surface area contributed by atoms with E-state index in [0.29, 0.717) is 11.8 Å². The van der Waals surface area contributed by atoms with Crippen LogP contribution < -0.4 is 0 Å². The molecule has 0 radical (unpaired) electrons. The first-order valence-corrected chi connectivity index (χ1v) is 7.94. The monoisotopic (exact) mass is 302 g/mol. The number of fused-ring (bicyclic) bond motifs is 1. The predicted octanol–water partition coefficient (Wildman–Crippen LogP) is 3.75. The van der Waals surface area contributed by atoms with Gasteiger partial charge in [0.15, 0.2) is 6.19 Å². The van der Waals surface area contributed by atoms with Crippen molar-refractivity contribution in [2.24, 2.45) is 5.92 Å². The zero-order valence-electron chi connectivity index (χ0n) is 13.0. The van der Waals surface area contributed by atoms with Crippen LogP contribution in [0.5, 0.6) is 0 Å². The van der Waals surface area contributed by atoms with Gasteiger partial charge in [-0.1, -0.05) is 43.3 Å². The predicted molar refractivity (Wildman–Crippen MR) is 90.6 cm³/mol. The quantitative estimate of drug-likeness (QED) is 0.734. The van der Waals surface area contributed by atoms with E-state index >= 15 is 0 Å². The van der Waals surface area contributed by atoms with Crippen LogP contribution in [0.3, 0.4) is 0 Å². The highest BCUT2D eigenvalue weighted by atomic mass is 15.2. The Labute approximate surface area is 135 Å². The van der Waals surface area contributed by atoms with Gasteiger partial charge in [0.2, 0.25) is 0 Å². The number of hydrogen-bond acceptors (Lipinski definition) is 3. The first-order valence-electron chi connectivity index (χ1n) is 7.94. The van der Waals surface area contributed by atoms with Gasteiger partial charge in [-0.05, 0) is 29.2 Å². The molecule has 4 heteroatoms. The molecule has 114 valence electrons. The van der Waals surface area contributed by atoms with E-state index in [0.717, 1.165) is 29.9 Å². The van der Waals surface area contributed by atoms with Crippen molar-refractivity contribution in [3.8, 4) is 17.3 Å². The Hall–Kier alpha value is -2.80. The second-order valence-electron chi connectivity index (χ2n) is 6.31. The number of imidazole rings is 1. The maximum absolute atomic E-state index is 9.10. The largest absolute Gasteiger partial charge is 0.342 e. The van der Waals surface area contributed by atoms with Gasteiger partial charge in [-0.2, -0.15) is 5.26 Å². The lowest BCUT2D eigenvalue weighted by Gasteiger charge is -2.09. The first kappa shape index (κ1) is 13.8. The Morgan fingerprint density at radius 1 is 1.13 bits per heavy atom. The minimum absolute atomic E-state index is 0.294. The molecule has 2 heterocycles. The normalized spacial score (nSPS) is 20.8. The fourth-order valence-electron chi connectivity index (χ4n) is 3.42. The highest BCUT2D eigenvalue weighted by Gasteiger charge is 2.32. The molecule has 23 heavy (non-hydrogen) atoms. The second kappa shape index (κ2) is 5.44. The average molecular weight is 302 g/mol. The molecule has 2 atom stereocenters. The fraction of sp³-hybridized carbons (Fsp3) is 0.263. The van der Waals surface area contributed by atoms with E-state index in [1.807, 2.05) is 23.1 Å². The summed E-state index contributed by atoms with van der Waals surface area (Å²) in [4.78, 5) is 10.1. The Bertz CT molecular complexity index is 875. The third-order valence-electron chi connectivity index (χ3n) is 4.71. The lowest BCUT2D eigenvalue weighted by Crippen LogP contribution is -2.13. The van der Waals surface area contributed by atoms with Crippen LogP contribution in [-0.4, -0.2) is 28.0 Å². The van der Waals surface area contributed by atoms with E-state index in [9.17, 15) is 0 Å². The third-order valence-corrected chi connectivity index (χ3v) is 4.71. The van der Waals surface area contributed by atoms with Crippen LogP contribution in [0.15, 0.2) is 48.5 Å². The molecule has 1 N–H and O–H groups in total. The molecule has 1 saturated heterocycles. The van der Waals surface area contributed by atoms with E-state index < -0.39 is 0 Å². The number of aromatic nitrogens is 2. The van der Waals surface area contributed by atoms with Gasteiger partial charge in [0, 0.05) is 19.0 Å². The molecular formula is C19H18N4. The summed E-state index contributed by atoms with van der Waals surface area (Å²) >= 11 is 0. The number of likely N-dealkylation sites (tertiary alicyclic amines) is 1. The van der Waals surface area contributed by atoms with Crippen molar-refractivity contribution in [1.29, 1.82) is 5.26 Å². The number of hydrogen-bond donors (Lipinski definition) is 1. The average Bonchev–Trinajstić information content (AvgIpc) is 3.17. The summed E-state index contributed by atoms with van der Waals surface area (Å²) in [5.41, 5.74) is 4.42. The van der Waals surface area contributed by atoms with Crippen LogP contribution >= 0.6 is 0 Å². The Morgan fingerprint density at radius 2 is 1.96 bits per heavy atom. The molecule has 4 nitrogen and oxygen atoms in total.